The Morgan fingerprint density at radius 3 is 1.53 bits per heavy atom. The molecule has 0 atom stereocenters. The van der Waals surface area contributed by atoms with Gasteiger partial charge in [0.05, 0.1) is 22.1 Å². The number of benzene rings is 6. The van der Waals surface area contributed by atoms with Gasteiger partial charge in [0.1, 0.15) is 11.6 Å². The van der Waals surface area contributed by atoms with E-state index >= 15 is 0 Å². The van der Waals surface area contributed by atoms with Crippen LogP contribution in [0.25, 0.3) is 56.2 Å². The molecule has 2 heterocycles. The molecule has 8 aromatic rings. The smallest absolute Gasteiger partial charge is 0.145 e. The molecule has 0 unspecified atom stereocenters. The van der Waals surface area contributed by atoms with Crippen molar-refractivity contribution < 1.29 is 0 Å². The fourth-order valence-electron chi connectivity index (χ4n) is 7.52. The second-order valence-electron chi connectivity index (χ2n) is 14.7. The topological polar surface area (TPSA) is 51.2 Å². The third-order valence-electron chi connectivity index (χ3n) is 10.8. The third kappa shape index (κ3) is 7.64. The first-order valence-corrected chi connectivity index (χ1v) is 20.0. The number of hydrogen-bond donors (Lipinski definition) is 0. The van der Waals surface area contributed by atoms with Gasteiger partial charge in [-0.15, -0.1) is 0 Å². The van der Waals surface area contributed by atoms with E-state index in [0.717, 1.165) is 96.6 Å². The molecular weight excluding hydrogens is 721 g/mol. The standard InChI is InChI=1S/C53H44N6/c1-38(39(2)37-54-43-17-7-4-8-18-43)27-28-40(3)57(46-33-29-41(30-34-46)52-55-48-23-13-15-25-50(48)58(52)44-19-9-5-10-20-44)47-35-31-42(32-36-47)53-56-49-24-14-16-26-51(49)59(53)45-21-11-6-12-22-45/h4-17,19-37H,18H2,1-3H3/b38-27+,39-37+,40-28+,54-43-. The second kappa shape index (κ2) is 16.5. The molecule has 0 saturated heterocycles. The number of nitrogens with zero attached hydrogens (tertiary/aromatic N) is 6. The largest absolute Gasteiger partial charge is 0.315 e. The number of allylic oxidation sites excluding steroid dienone is 9. The molecule has 0 spiro atoms. The number of aliphatic imine (C=N–C) groups is 1. The van der Waals surface area contributed by atoms with Gasteiger partial charge in [0, 0.05) is 57.9 Å². The van der Waals surface area contributed by atoms with Crippen molar-refractivity contribution in [2.24, 2.45) is 4.99 Å². The Hall–Kier alpha value is -7.57. The third-order valence-corrected chi connectivity index (χ3v) is 10.8. The molecule has 1 aliphatic carbocycles. The first-order chi connectivity index (χ1) is 29.0. The second-order valence-corrected chi connectivity index (χ2v) is 14.7. The molecule has 0 aliphatic heterocycles. The van der Waals surface area contributed by atoms with Crippen LogP contribution in [0.2, 0.25) is 0 Å². The van der Waals surface area contributed by atoms with Crippen LogP contribution in [0, 0.1) is 0 Å². The van der Waals surface area contributed by atoms with Gasteiger partial charge in [-0.1, -0.05) is 85.0 Å². The summed E-state index contributed by atoms with van der Waals surface area (Å²) in [5.74, 6) is 1.80. The van der Waals surface area contributed by atoms with E-state index in [1.807, 2.05) is 36.5 Å². The Bertz CT molecular complexity index is 2790. The highest BCUT2D eigenvalue weighted by Crippen LogP contribution is 2.36. The van der Waals surface area contributed by atoms with E-state index in [1.165, 1.54) is 0 Å². The lowest BCUT2D eigenvalue weighted by molar-refractivity contribution is 1.10. The maximum absolute atomic E-state index is 5.12. The summed E-state index contributed by atoms with van der Waals surface area (Å²) in [5.41, 5.74) is 14.8. The average molecular weight is 765 g/mol. The van der Waals surface area contributed by atoms with E-state index in [4.69, 9.17) is 15.0 Å². The fraction of sp³-hybridized carbons (Fsp3) is 0.0755. The maximum Gasteiger partial charge on any atom is 0.145 e. The number of para-hydroxylation sites is 6. The Balaban J connectivity index is 1.11. The number of anilines is 2. The lowest BCUT2D eigenvalue weighted by Gasteiger charge is -2.26. The van der Waals surface area contributed by atoms with Gasteiger partial charge >= 0.3 is 0 Å². The molecule has 0 amide bonds. The summed E-state index contributed by atoms with van der Waals surface area (Å²) in [4.78, 5) is 17.3. The van der Waals surface area contributed by atoms with Crippen LogP contribution >= 0.6 is 0 Å². The Kier molecular flexibility index (Phi) is 10.4. The predicted molar refractivity (Wildman–Crippen MR) is 247 cm³/mol. The Morgan fingerprint density at radius 1 is 0.542 bits per heavy atom. The maximum atomic E-state index is 5.12. The van der Waals surface area contributed by atoms with Crippen LogP contribution in [0.1, 0.15) is 27.2 Å². The van der Waals surface area contributed by atoms with E-state index in [2.05, 4.69) is 199 Å². The monoisotopic (exact) mass is 764 g/mol. The number of rotatable bonds is 10. The van der Waals surface area contributed by atoms with Crippen LogP contribution in [-0.4, -0.2) is 24.8 Å². The molecule has 0 saturated carbocycles. The van der Waals surface area contributed by atoms with Crippen LogP contribution < -0.4 is 4.90 Å². The van der Waals surface area contributed by atoms with E-state index in [1.54, 1.807) is 0 Å². The molecule has 0 radical (unpaired) electrons. The SMILES string of the molecule is CC(=C\C=C(/C)N(c1ccc(-c2nc3ccccc3n2-c2ccccc2)cc1)c1ccc(-c2nc3ccccc3n2-c2ccccc2)cc1)/C(C)=C/N=C1/C=CC=CC1. The van der Waals surface area contributed by atoms with E-state index in [9.17, 15) is 0 Å². The summed E-state index contributed by atoms with van der Waals surface area (Å²) in [6.45, 7) is 6.41. The molecule has 286 valence electrons. The fourth-order valence-corrected chi connectivity index (χ4v) is 7.52. The van der Waals surface area contributed by atoms with Gasteiger partial charge < -0.3 is 4.90 Å². The lowest BCUT2D eigenvalue weighted by Crippen LogP contribution is -2.14. The summed E-state index contributed by atoms with van der Waals surface area (Å²) < 4.78 is 4.48. The molecule has 0 bridgehead atoms. The average Bonchev–Trinajstić information content (AvgIpc) is 3.88. The van der Waals surface area contributed by atoms with Crippen molar-refractivity contribution in [1.82, 2.24) is 19.1 Å². The molecule has 59 heavy (non-hydrogen) atoms. The molecule has 1 aliphatic rings. The quantitative estimate of drug-likeness (QED) is 0.130. The highest BCUT2D eigenvalue weighted by Gasteiger charge is 2.18. The van der Waals surface area contributed by atoms with Crippen LogP contribution in [0.5, 0.6) is 0 Å². The first kappa shape index (κ1) is 37.0. The minimum Gasteiger partial charge on any atom is -0.315 e. The van der Waals surface area contributed by atoms with Gasteiger partial charge in [0.2, 0.25) is 0 Å². The summed E-state index contributed by atoms with van der Waals surface area (Å²) in [6, 6.07) is 55.0. The summed E-state index contributed by atoms with van der Waals surface area (Å²) in [5, 5.41) is 0. The molecule has 9 rings (SSSR count). The minimum absolute atomic E-state index is 0.851. The van der Waals surface area contributed by atoms with E-state index in [0.29, 0.717) is 0 Å². The molecule has 6 heteroatoms. The van der Waals surface area contributed by atoms with Gasteiger partial charge in [-0.25, -0.2) is 9.97 Å². The van der Waals surface area contributed by atoms with E-state index < -0.39 is 0 Å². The van der Waals surface area contributed by atoms with Crippen molar-refractivity contribution in [2.45, 2.75) is 27.2 Å². The molecule has 6 nitrogen and oxygen atoms in total. The Morgan fingerprint density at radius 2 is 1.03 bits per heavy atom. The molecular formula is C53H44N6. The van der Waals surface area contributed by atoms with Crippen molar-refractivity contribution >= 4 is 39.2 Å². The number of imidazole rings is 2. The van der Waals surface area contributed by atoms with E-state index in [-0.39, 0.29) is 0 Å². The molecule has 0 fully saturated rings. The molecule has 2 aromatic heterocycles. The van der Waals surface area contributed by atoms with Gasteiger partial charge in [0.25, 0.3) is 0 Å². The summed E-state index contributed by atoms with van der Waals surface area (Å²) in [6.07, 6.45) is 15.5. The predicted octanol–water partition coefficient (Wildman–Crippen LogP) is 13.5. The van der Waals surface area contributed by atoms with Gasteiger partial charge in [-0.2, -0.15) is 0 Å². The van der Waals surface area contributed by atoms with Gasteiger partial charge in [0.15, 0.2) is 0 Å². The zero-order valence-electron chi connectivity index (χ0n) is 33.4. The van der Waals surface area contributed by atoms with Crippen LogP contribution in [0.4, 0.5) is 11.4 Å². The lowest BCUT2D eigenvalue weighted by atomic mass is 10.1. The molecule has 0 N–H and O–H groups in total. The number of fused-ring (bicyclic) bond motifs is 2. The zero-order chi connectivity index (χ0) is 40.1. The van der Waals surface area contributed by atoms with Crippen LogP contribution in [0.15, 0.2) is 222 Å². The van der Waals surface area contributed by atoms with Crippen LogP contribution in [0.3, 0.4) is 0 Å². The summed E-state index contributed by atoms with van der Waals surface area (Å²) in [7, 11) is 0. The van der Waals surface area contributed by atoms with Crippen molar-refractivity contribution in [1.29, 1.82) is 0 Å². The van der Waals surface area contributed by atoms with Crippen molar-refractivity contribution in [3.05, 3.63) is 217 Å². The Labute approximate surface area is 345 Å². The number of hydrogen-bond acceptors (Lipinski definition) is 4. The highest BCUT2D eigenvalue weighted by atomic mass is 15.1. The minimum atomic E-state index is 0.851. The van der Waals surface area contributed by atoms with Crippen molar-refractivity contribution in [2.75, 3.05) is 4.90 Å². The normalized spacial score (nSPS) is 14.2. The van der Waals surface area contributed by atoms with Gasteiger partial charge in [-0.05, 0) is 141 Å². The first-order valence-electron chi connectivity index (χ1n) is 20.0. The summed E-state index contributed by atoms with van der Waals surface area (Å²) >= 11 is 0. The highest BCUT2D eigenvalue weighted by molar-refractivity contribution is 5.97. The van der Waals surface area contributed by atoms with Gasteiger partial charge in [-0.3, -0.25) is 14.1 Å². The van der Waals surface area contributed by atoms with Crippen molar-refractivity contribution in [3.63, 3.8) is 0 Å². The zero-order valence-corrected chi connectivity index (χ0v) is 33.4. The van der Waals surface area contributed by atoms with Crippen molar-refractivity contribution in [3.8, 4) is 34.2 Å². The molecule has 6 aromatic carbocycles. The van der Waals surface area contributed by atoms with Crippen LogP contribution in [-0.2, 0) is 0 Å². The number of aromatic nitrogens is 4.